The fourth-order valence-electron chi connectivity index (χ4n) is 3.51. The van der Waals surface area contributed by atoms with Gasteiger partial charge in [-0.25, -0.2) is 14.4 Å². The van der Waals surface area contributed by atoms with Crippen molar-refractivity contribution in [2.45, 2.75) is 33.1 Å². The zero-order chi connectivity index (χ0) is 22.2. The maximum atomic E-state index is 14.4. The Morgan fingerprint density at radius 1 is 0.903 bits per heavy atom. The van der Waals surface area contributed by atoms with Crippen molar-refractivity contribution < 1.29 is 9.13 Å². The van der Waals surface area contributed by atoms with Crippen molar-refractivity contribution in [3.05, 3.63) is 83.9 Å². The zero-order valence-electron chi connectivity index (χ0n) is 18.5. The van der Waals surface area contributed by atoms with Crippen LogP contribution in [-0.4, -0.2) is 21.6 Å². The molecule has 4 aromatic rings. The summed E-state index contributed by atoms with van der Waals surface area (Å²) in [6, 6.07) is 19.1. The maximum Gasteiger partial charge on any atom is 0.167 e. The molecule has 5 heteroatoms. The monoisotopic (exact) mass is 415 g/mol. The first-order valence-corrected chi connectivity index (χ1v) is 10.2. The van der Waals surface area contributed by atoms with Crippen LogP contribution in [0.3, 0.4) is 0 Å². The molecule has 31 heavy (non-hydrogen) atoms. The highest BCUT2D eigenvalue weighted by molar-refractivity contribution is 5.66. The molecule has 0 amide bonds. The van der Waals surface area contributed by atoms with Gasteiger partial charge in [0.2, 0.25) is 0 Å². The lowest BCUT2D eigenvalue weighted by Crippen LogP contribution is -2.10. The number of imidazole rings is 1. The number of ether oxygens (including phenoxy) is 1. The molecule has 4 nitrogen and oxygen atoms in total. The van der Waals surface area contributed by atoms with Crippen LogP contribution in [0.1, 0.15) is 32.0 Å². The predicted molar refractivity (Wildman–Crippen MR) is 122 cm³/mol. The summed E-state index contributed by atoms with van der Waals surface area (Å²) in [5.41, 5.74) is 5.41. The first-order valence-electron chi connectivity index (χ1n) is 10.2. The summed E-state index contributed by atoms with van der Waals surface area (Å²) in [6.07, 6.45) is 1.92. The molecule has 0 fully saturated rings. The molecule has 0 radical (unpaired) electrons. The van der Waals surface area contributed by atoms with Crippen molar-refractivity contribution in [1.82, 2.24) is 14.5 Å². The fourth-order valence-corrected chi connectivity index (χ4v) is 3.51. The van der Waals surface area contributed by atoms with Gasteiger partial charge in [-0.15, -0.1) is 0 Å². The highest BCUT2D eigenvalue weighted by Crippen LogP contribution is 2.30. The molecule has 0 bridgehead atoms. The van der Waals surface area contributed by atoms with Crippen LogP contribution >= 0.6 is 0 Å². The zero-order valence-corrected chi connectivity index (χ0v) is 18.5. The molecule has 0 N–H and O–H groups in total. The third-order valence-electron chi connectivity index (χ3n) is 5.28. The number of methoxy groups -OCH3 is 1. The van der Waals surface area contributed by atoms with Crippen molar-refractivity contribution in [2.24, 2.45) is 0 Å². The number of rotatable bonds is 4. The molecule has 0 spiro atoms. The number of benzene rings is 2. The van der Waals surface area contributed by atoms with Crippen LogP contribution in [0, 0.1) is 12.7 Å². The van der Waals surface area contributed by atoms with E-state index >= 15 is 0 Å². The smallest absolute Gasteiger partial charge is 0.167 e. The van der Waals surface area contributed by atoms with Crippen LogP contribution in [0.2, 0.25) is 0 Å². The van der Waals surface area contributed by atoms with Gasteiger partial charge in [-0.1, -0.05) is 51.1 Å². The van der Waals surface area contributed by atoms with Gasteiger partial charge in [0, 0.05) is 23.5 Å². The highest BCUT2D eigenvalue weighted by atomic mass is 19.1. The number of aryl methyl sites for hydroxylation is 1. The third-order valence-corrected chi connectivity index (χ3v) is 5.28. The number of aromatic nitrogens is 3. The molecule has 0 aliphatic heterocycles. The Labute approximate surface area is 182 Å². The maximum absolute atomic E-state index is 14.4. The molecular formula is C26H26FN3O. The molecular weight excluding hydrogens is 389 g/mol. The second-order valence-electron chi connectivity index (χ2n) is 8.63. The minimum Gasteiger partial charge on any atom is -0.494 e. The van der Waals surface area contributed by atoms with E-state index in [9.17, 15) is 4.39 Å². The quantitative estimate of drug-likeness (QED) is 0.390. The van der Waals surface area contributed by atoms with E-state index in [1.54, 1.807) is 6.07 Å². The molecule has 0 unspecified atom stereocenters. The minimum atomic E-state index is -0.423. The molecule has 2 aromatic heterocycles. The van der Waals surface area contributed by atoms with Crippen LogP contribution in [0.15, 0.2) is 66.9 Å². The summed E-state index contributed by atoms with van der Waals surface area (Å²) in [4.78, 5) is 9.52. The molecule has 0 aliphatic carbocycles. The third kappa shape index (κ3) is 4.22. The summed E-state index contributed by atoms with van der Waals surface area (Å²) in [7, 11) is 1.46. The Kier molecular flexibility index (Phi) is 5.36. The standard InChI is InChI=1S/C26H26FN3O/c1-17-7-6-8-22(28-17)25-29-23(18-9-11-19(12-10-18)26(2,3)4)16-30(25)20-13-14-24(31-5)21(27)15-20/h6-16H,1-5H3. The van der Waals surface area contributed by atoms with E-state index in [0.717, 1.165) is 22.6 Å². The fraction of sp³-hybridized carbons (Fsp3) is 0.231. The first-order chi connectivity index (χ1) is 14.8. The van der Waals surface area contributed by atoms with Gasteiger partial charge in [-0.2, -0.15) is 0 Å². The van der Waals surface area contributed by atoms with E-state index in [2.05, 4.69) is 50.0 Å². The van der Waals surface area contributed by atoms with E-state index in [0.29, 0.717) is 11.5 Å². The topological polar surface area (TPSA) is 39.9 Å². The number of nitrogens with zero attached hydrogens (tertiary/aromatic N) is 3. The highest BCUT2D eigenvalue weighted by Gasteiger charge is 2.17. The largest absolute Gasteiger partial charge is 0.494 e. The molecule has 4 rings (SSSR count). The first kappa shape index (κ1) is 20.8. The van der Waals surface area contributed by atoms with Crippen molar-refractivity contribution in [3.8, 4) is 34.2 Å². The second-order valence-corrected chi connectivity index (χ2v) is 8.63. The van der Waals surface area contributed by atoms with Crippen LogP contribution in [0.4, 0.5) is 4.39 Å². The van der Waals surface area contributed by atoms with E-state index in [4.69, 9.17) is 9.72 Å². The summed E-state index contributed by atoms with van der Waals surface area (Å²) in [5.74, 6) is 0.438. The van der Waals surface area contributed by atoms with E-state index < -0.39 is 5.82 Å². The predicted octanol–water partition coefficient (Wildman–Crippen LogP) is 6.35. The lowest BCUT2D eigenvalue weighted by molar-refractivity contribution is 0.386. The lowest BCUT2D eigenvalue weighted by atomic mass is 9.86. The Morgan fingerprint density at radius 3 is 2.26 bits per heavy atom. The number of pyridine rings is 1. The SMILES string of the molecule is COc1ccc(-n2cc(-c3ccc(C(C)(C)C)cc3)nc2-c2cccc(C)n2)cc1F. The Hall–Kier alpha value is -3.47. The van der Waals surface area contributed by atoms with Gasteiger partial charge in [0.05, 0.1) is 18.5 Å². The Balaban J connectivity index is 1.85. The van der Waals surface area contributed by atoms with Gasteiger partial charge >= 0.3 is 0 Å². The van der Waals surface area contributed by atoms with E-state index in [-0.39, 0.29) is 11.2 Å². The van der Waals surface area contributed by atoms with Crippen LogP contribution in [0.25, 0.3) is 28.5 Å². The number of hydrogen-bond acceptors (Lipinski definition) is 3. The van der Waals surface area contributed by atoms with Crippen molar-refractivity contribution in [2.75, 3.05) is 7.11 Å². The summed E-state index contributed by atoms with van der Waals surface area (Å²) >= 11 is 0. The van der Waals surface area contributed by atoms with Gasteiger partial charge in [0.25, 0.3) is 0 Å². The summed E-state index contributed by atoms with van der Waals surface area (Å²) < 4.78 is 21.4. The van der Waals surface area contributed by atoms with Gasteiger partial charge in [-0.3, -0.25) is 4.57 Å². The molecule has 0 saturated carbocycles. The van der Waals surface area contributed by atoms with Gasteiger partial charge in [-0.05, 0) is 42.2 Å². The van der Waals surface area contributed by atoms with Crippen LogP contribution < -0.4 is 4.74 Å². The van der Waals surface area contributed by atoms with Crippen molar-refractivity contribution in [1.29, 1.82) is 0 Å². The minimum absolute atomic E-state index is 0.0785. The average molecular weight is 416 g/mol. The van der Waals surface area contributed by atoms with Crippen LogP contribution in [-0.2, 0) is 5.41 Å². The molecule has 2 aromatic carbocycles. The molecule has 0 atom stereocenters. The van der Waals surface area contributed by atoms with Gasteiger partial charge in [0.15, 0.2) is 17.4 Å². The molecule has 158 valence electrons. The van der Waals surface area contributed by atoms with Gasteiger partial charge in [0.1, 0.15) is 5.69 Å². The van der Waals surface area contributed by atoms with Crippen molar-refractivity contribution in [3.63, 3.8) is 0 Å². The molecule has 2 heterocycles. The molecule has 0 saturated heterocycles. The van der Waals surface area contributed by atoms with Crippen molar-refractivity contribution >= 4 is 0 Å². The average Bonchev–Trinajstić information content (AvgIpc) is 3.19. The number of hydrogen-bond donors (Lipinski definition) is 0. The van der Waals surface area contributed by atoms with Gasteiger partial charge < -0.3 is 4.74 Å². The van der Waals surface area contributed by atoms with Crippen LogP contribution in [0.5, 0.6) is 5.75 Å². The lowest BCUT2D eigenvalue weighted by Gasteiger charge is -2.18. The molecule has 0 aliphatic rings. The Morgan fingerprint density at radius 2 is 1.65 bits per heavy atom. The Bertz CT molecular complexity index is 1220. The van der Waals surface area contributed by atoms with E-state index in [1.165, 1.54) is 18.7 Å². The number of halogens is 1. The second kappa shape index (κ2) is 7.99. The normalized spacial score (nSPS) is 11.5. The summed E-state index contributed by atoms with van der Waals surface area (Å²) in [6.45, 7) is 8.51. The summed E-state index contributed by atoms with van der Waals surface area (Å²) in [5, 5.41) is 0. The van der Waals surface area contributed by atoms with E-state index in [1.807, 2.05) is 42.0 Å².